The van der Waals surface area contributed by atoms with E-state index in [-0.39, 0.29) is 0 Å². The molecule has 3 aromatic rings. The Kier molecular flexibility index (Phi) is 2.29. The molecule has 0 radical (unpaired) electrons. The summed E-state index contributed by atoms with van der Waals surface area (Å²) in [5.41, 5.74) is 2.75. The first-order valence-electron chi connectivity index (χ1n) is 5.36. The van der Waals surface area contributed by atoms with Crippen LogP contribution in [0.15, 0.2) is 53.3 Å². The average Bonchev–Trinajstić information content (AvgIpc) is 2.82. The zero-order chi connectivity index (χ0) is 11.7. The van der Waals surface area contributed by atoms with E-state index < -0.39 is 0 Å². The Morgan fingerprint density at radius 2 is 2.06 bits per heavy atom. The van der Waals surface area contributed by atoms with E-state index in [2.05, 4.69) is 4.98 Å². The van der Waals surface area contributed by atoms with Crippen molar-refractivity contribution in [1.29, 1.82) is 0 Å². The fraction of sp³-hybridized carbons (Fsp3) is 0.0714. The number of furan rings is 1. The lowest BCUT2D eigenvalue weighted by Crippen LogP contribution is -1.85. The van der Waals surface area contributed by atoms with Gasteiger partial charge in [-0.1, -0.05) is 18.2 Å². The molecule has 84 valence electrons. The van der Waals surface area contributed by atoms with Crippen LogP contribution in [0.3, 0.4) is 0 Å². The molecule has 0 N–H and O–H groups in total. The number of hydrogen-bond acceptors (Lipinski definition) is 3. The summed E-state index contributed by atoms with van der Waals surface area (Å²) in [6.45, 7) is 0. The molecule has 0 aliphatic rings. The van der Waals surface area contributed by atoms with E-state index in [1.807, 2.05) is 36.4 Å². The Balaban J connectivity index is 2.33. The third kappa shape index (κ3) is 1.56. The van der Waals surface area contributed by atoms with Crippen LogP contribution in [0.5, 0.6) is 5.75 Å². The van der Waals surface area contributed by atoms with Gasteiger partial charge in [0.2, 0.25) is 0 Å². The molecule has 0 aliphatic heterocycles. The summed E-state index contributed by atoms with van der Waals surface area (Å²) in [5.74, 6) is 0.737. The third-order valence-corrected chi connectivity index (χ3v) is 2.73. The Bertz CT molecular complexity index is 644. The summed E-state index contributed by atoms with van der Waals surface area (Å²) in [4.78, 5) is 4.36. The molecule has 0 fully saturated rings. The Hall–Kier alpha value is -2.29. The number of hydrogen-bond donors (Lipinski definition) is 0. The van der Waals surface area contributed by atoms with Gasteiger partial charge in [-0.2, -0.15) is 0 Å². The molecule has 0 saturated heterocycles. The molecule has 2 aromatic heterocycles. The van der Waals surface area contributed by atoms with E-state index in [4.69, 9.17) is 9.15 Å². The van der Waals surface area contributed by atoms with Gasteiger partial charge in [-0.05, 0) is 18.2 Å². The predicted octanol–water partition coefficient (Wildman–Crippen LogP) is 3.50. The van der Waals surface area contributed by atoms with E-state index in [0.717, 1.165) is 28.0 Å². The van der Waals surface area contributed by atoms with E-state index in [1.54, 1.807) is 19.6 Å². The normalized spacial score (nSPS) is 10.6. The fourth-order valence-electron chi connectivity index (χ4n) is 1.95. The molecule has 0 atom stereocenters. The highest BCUT2D eigenvalue weighted by Gasteiger charge is 2.12. The molecule has 3 heteroatoms. The molecule has 3 rings (SSSR count). The first-order chi connectivity index (χ1) is 8.40. The Labute approximate surface area is 98.7 Å². The minimum Gasteiger partial charge on any atom is -0.493 e. The maximum Gasteiger partial charge on any atom is 0.165 e. The zero-order valence-electron chi connectivity index (χ0n) is 9.38. The fourth-order valence-corrected chi connectivity index (χ4v) is 1.95. The summed E-state index contributed by atoms with van der Waals surface area (Å²) in [7, 11) is 1.64. The van der Waals surface area contributed by atoms with Crippen molar-refractivity contribution in [3.05, 3.63) is 48.9 Å². The molecule has 0 spiro atoms. The molecular weight excluding hydrogens is 214 g/mol. The van der Waals surface area contributed by atoms with Crippen LogP contribution in [0, 0.1) is 0 Å². The number of fused-ring (bicyclic) bond motifs is 1. The number of ether oxygens (including phenoxy) is 1. The van der Waals surface area contributed by atoms with Gasteiger partial charge in [0, 0.05) is 11.8 Å². The average molecular weight is 225 g/mol. The molecule has 17 heavy (non-hydrogen) atoms. The van der Waals surface area contributed by atoms with Gasteiger partial charge in [-0.15, -0.1) is 0 Å². The molecule has 0 aliphatic carbocycles. The van der Waals surface area contributed by atoms with Crippen molar-refractivity contribution in [2.24, 2.45) is 0 Å². The number of methoxy groups -OCH3 is 1. The highest BCUT2D eigenvalue weighted by molar-refractivity contribution is 5.97. The Morgan fingerprint density at radius 1 is 1.12 bits per heavy atom. The van der Waals surface area contributed by atoms with Crippen molar-refractivity contribution in [2.75, 3.05) is 7.11 Å². The molecule has 0 bridgehead atoms. The van der Waals surface area contributed by atoms with Crippen LogP contribution in [0.4, 0.5) is 0 Å². The standard InChI is InChI=1S/C14H11NO2/c1-16-13-9-17-12-7-4-5-10(14(12)13)11-6-2-3-8-15-11/h2-9H,1H3. The lowest BCUT2D eigenvalue weighted by molar-refractivity contribution is 0.410. The SMILES string of the molecule is COc1coc2cccc(-c3ccccn3)c12. The van der Waals surface area contributed by atoms with Crippen LogP contribution in [0.1, 0.15) is 0 Å². The van der Waals surface area contributed by atoms with Gasteiger partial charge >= 0.3 is 0 Å². The maximum atomic E-state index is 5.45. The molecular formula is C14H11NO2. The largest absolute Gasteiger partial charge is 0.493 e. The highest BCUT2D eigenvalue weighted by atomic mass is 16.5. The second kappa shape index (κ2) is 3.94. The number of benzene rings is 1. The van der Waals surface area contributed by atoms with Gasteiger partial charge in [-0.25, -0.2) is 0 Å². The van der Waals surface area contributed by atoms with Crippen molar-refractivity contribution in [3.63, 3.8) is 0 Å². The topological polar surface area (TPSA) is 35.3 Å². The molecule has 0 amide bonds. The monoisotopic (exact) mass is 225 g/mol. The molecule has 1 aromatic carbocycles. The van der Waals surface area contributed by atoms with Crippen molar-refractivity contribution >= 4 is 11.0 Å². The molecule has 0 saturated carbocycles. The molecule has 0 unspecified atom stereocenters. The zero-order valence-corrected chi connectivity index (χ0v) is 9.38. The third-order valence-electron chi connectivity index (χ3n) is 2.73. The van der Waals surface area contributed by atoms with E-state index in [9.17, 15) is 0 Å². The Morgan fingerprint density at radius 3 is 2.82 bits per heavy atom. The second-order valence-electron chi connectivity index (χ2n) is 3.70. The van der Waals surface area contributed by atoms with Crippen molar-refractivity contribution in [1.82, 2.24) is 4.98 Å². The second-order valence-corrected chi connectivity index (χ2v) is 3.70. The number of aromatic nitrogens is 1. The highest BCUT2D eigenvalue weighted by Crippen LogP contribution is 2.35. The molecule has 2 heterocycles. The molecule has 3 nitrogen and oxygen atoms in total. The van der Waals surface area contributed by atoms with Crippen molar-refractivity contribution in [2.45, 2.75) is 0 Å². The van der Waals surface area contributed by atoms with Crippen molar-refractivity contribution in [3.8, 4) is 17.0 Å². The van der Waals surface area contributed by atoms with Crippen LogP contribution >= 0.6 is 0 Å². The van der Waals surface area contributed by atoms with E-state index in [0.29, 0.717) is 0 Å². The van der Waals surface area contributed by atoms with E-state index in [1.165, 1.54) is 0 Å². The minimum absolute atomic E-state index is 0.737. The summed E-state index contributed by atoms with van der Waals surface area (Å²) < 4.78 is 10.8. The first kappa shape index (κ1) is 9.90. The van der Waals surface area contributed by atoms with Crippen LogP contribution in [0.2, 0.25) is 0 Å². The van der Waals surface area contributed by atoms with Gasteiger partial charge in [0.1, 0.15) is 11.8 Å². The number of rotatable bonds is 2. The lowest BCUT2D eigenvalue weighted by Gasteiger charge is -2.03. The number of pyridine rings is 1. The van der Waals surface area contributed by atoms with Gasteiger partial charge in [0.05, 0.1) is 18.2 Å². The number of nitrogens with zero attached hydrogens (tertiary/aromatic N) is 1. The smallest absolute Gasteiger partial charge is 0.165 e. The predicted molar refractivity (Wildman–Crippen MR) is 66.0 cm³/mol. The van der Waals surface area contributed by atoms with Gasteiger partial charge < -0.3 is 9.15 Å². The van der Waals surface area contributed by atoms with Crippen LogP contribution in [-0.4, -0.2) is 12.1 Å². The van der Waals surface area contributed by atoms with Gasteiger partial charge in [0.25, 0.3) is 0 Å². The van der Waals surface area contributed by atoms with Crippen LogP contribution < -0.4 is 4.74 Å². The van der Waals surface area contributed by atoms with Gasteiger partial charge in [0.15, 0.2) is 5.75 Å². The summed E-state index contributed by atoms with van der Waals surface area (Å²) in [6.07, 6.45) is 3.40. The summed E-state index contributed by atoms with van der Waals surface area (Å²) in [6, 6.07) is 11.7. The van der Waals surface area contributed by atoms with Crippen molar-refractivity contribution < 1.29 is 9.15 Å². The maximum absolute atomic E-state index is 5.45. The summed E-state index contributed by atoms with van der Waals surface area (Å²) in [5, 5.41) is 0.966. The minimum atomic E-state index is 0.737. The van der Waals surface area contributed by atoms with E-state index >= 15 is 0 Å². The quantitative estimate of drug-likeness (QED) is 0.669. The summed E-state index contributed by atoms with van der Waals surface area (Å²) >= 11 is 0. The van der Waals surface area contributed by atoms with Gasteiger partial charge in [-0.3, -0.25) is 4.98 Å². The first-order valence-corrected chi connectivity index (χ1v) is 5.36. The van der Waals surface area contributed by atoms with Crippen LogP contribution in [-0.2, 0) is 0 Å². The lowest BCUT2D eigenvalue weighted by atomic mass is 10.1. The van der Waals surface area contributed by atoms with Crippen LogP contribution in [0.25, 0.3) is 22.2 Å².